The molecule has 4 N–H and O–H groups in total. The summed E-state index contributed by atoms with van der Waals surface area (Å²) in [5.74, 6) is -1.54. The maximum Gasteiger partial charge on any atom is 0.270 e. The number of amides is 1. The van der Waals surface area contributed by atoms with Crippen LogP contribution in [0.15, 0.2) is 12.1 Å². The van der Waals surface area contributed by atoms with Crippen molar-refractivity contribution in [1.82, 2.24) is 5.32 Å². The van der Waals surface area contributed by atoms with Crippen molar-refractivity contribution in [3.8, 4) is 11.5 Å². The van der Waals surface area contributed by atoms with E-state index in [2.05, 4.69) is 5.32 Å². The fourth-order valence-electron chi connectivity index (χ4n) is 1.27. The molecule has 1 aromatic rings. The summed E-state index contributed by atoms with van der Waals surface area (Å²) in [6.07, 6.45) is 0. The van der Waals surface area contributed by atoms with Crippen molar-refractivity contribution in [2.75, 3.05) is 0 Å². The maximum atomic E-state index is 11.8. The van der Waals surface area contributed by atoms with Crippen LogP contribution in [0, 0.1) is 5.41 Å². The normalized spacial score (nSPS) is 11.1. The molecule has 0 radical (unpaired) electrons. The van der Waals surface area contributed by atoms with Gasteiger partial charge in [-0.1, -0.05) is 11.6 Å². The van der Waals surface area contributed by atoms with E-state index in [4.69, 9.17) is 17.0 Å². The summed E-state index contributed by atoms with van der Waals surface area (Å²) in [6.45, 7) is 5.36. The number of carbonyl (C=O) groups excluding carboxylic acids is 1. The van der Waals surface area contributed by atoms with Crippen LogP contribution in [0.5, 0.6) is 11.5 Å². The topological polar surface area (TPSA) is 93.4 Å². The minimum absolute atomic E-state index is 0.0636. The number of rotatable bonds is 2. The van der Waals surface area contributed by atoms with Gasteiger partial charge in [0.15, 0.2) is 11.5 Å². The average Bonchev–Trinajstić information content (AvgIpc) is 2.23. The number of hydrogen-bond acceptors (Lipinski definition) is 4. The molecule has 18 heavy (non-hydrogen) atoms. The van der Waals surface area contributed by atoms with Crippen molar-refractivity contribution in [1.29, 1.82) is 5.41 Å². The van der Waals surface area contributed by atoms with Gasteiger partial charge in [0.2, 0.25) is 0 Å². The van der Waals surface area contributed by atoms with Gasteiger partial charge in [0, 0.05) is 11.1 Å². The van der Waals surface area contributed by atoms with Crippen molar-refractivity contribution >= 4 is 23.2 Å². The lowest BCUT2D eigenvalue weighted by Gasteiger charge is -2.21. The van der Waals surface area contributed by atoms with Gasteiger partial charge in [-0.25, -0.2) is 0 Å². The smallest absolute Gasteiger partial charge is 0.270 e. The first-order chi connectivity index (χ1) is 8.13. The Labute approximate surface area is 110 Å². The van der Waals surface area contributed by atoms with Gasteiger partial charge in [-0.15, -0.1) is 0 Å². The highest BCUT2D eigenvalue weighted by molar-refractivity contribution is 6.48. The second-order valence-corrected chi connectivity index (χ2v) is 5.25. The maximum absolute atomic E-state index is 11.8. The fraction of sp³-hybridized carbons (Fsp3) is 0.333. The molecule has 1 rings (SSSR count). The Balaban J connectivity index is 3.06. The lowest BCUT2D eigenvalue weighted by Crippen LogP contribution is -2.44. The summed E-state index contributed by atoms with van der Waals surface area (Å²) in [5.41, 5.74) is -0.784. The van der Waals surface area contributed by atoms with E-state index < -0.39 is 22.9 Å². The summed E-state index contributed by atoms with van der Waals surface area (Å²) in [5, 5.41) is 28.8. The number of carbonyl (C=O) groups is 1. The Morgan fingerprint density at radius 1 is 1.33 bits per heavy atom. The largest absolute Gasteiger partial charge is 0.504 e. The first-order valence-electron chi connectivity index (χ1n) is 5.25. The van der Waals surface area contributed by atoms with Crippen LogP contribution in [0.4, 0.5) is 0 Å². The summed E-state index contributed by atoms with van der Waals surface area (Å²) >= 11 is 5.78. The molecule has 0 bridgehead atoms. The second-order valence-electron chi connectivity index (χ2n) is 4.87. The number of phenols is 2. The third-order valence-electron chi connectivity index (χ3n) is 2.08. The Kier molecular flexibility index (Phi) is 3.86. The standard InChI is InChI=1S/C12H15ClN2O3/c1-12(2,3)15-11(18)9(14)6-4-5-7(16)10(17)8(6)13/h4-5,14,16-17H,1-3H3,(H,15,18). The summed E-state index contributed by atoms with van der Waals surface area (Å²) in [7, 11) is 0. The van der Waals surface area contributed by atoms with Gasteiger partial charge in [0.05, 0.1) is 5.02 Å². The first kappa shape index (κ1) is 14.3. The van der Waals surface area contributed by atoms with Gasteiger partial charge in [-0.05, 0) is 32.9 Å². The molecule has 0 fully saturated rings. The summed E-state index contributed by atoms with van der Waals surface area (Å²) in [4.78, 5) is 11.8. The molecule has 0 spiro atoms. The number of halogens is 1. The Morgan fingerprint density at radius 3 is 2.39 bits per heavy atom. The lowest BCUT2D eigenvalue weighted by atomic mass is 10.1. The zero-order valence-electron chi connectivity index (χ0n) is 10.3. The number of phenolic OH excluding ortho intramolecular Hbond substituents is 2. The van der Waals surface area contributed by atoms with E-state index >= 15 is 0 Å². The SMILES string of the molecule is CC(C)(C)NC(=O)C(=N)c1ccc(O)c(O)c1Cl. The molecule has 0 saturated heterocycles. The summed E-state index contributed by atoms with van der Waals surface area (Å²) in [6, 6.07) is 2.48. The van der Waals surface area contributed by atoms with Crippen molar-refractivity contribution < 1.29 is 15.0 Å². The van der Waals surface area contributed by atoms with Crippen molar-refractivity contribution in [2.45, 2.75) is 26.3 Å². The van der Waals surface area contributed by atoms with Crippen LogP contribution in [0.3, 0.4) is 0 Å². The molecule has 0 unspecified atom stereocenters. The van der Waals surface area contributed by atoms with Gasteiger partial charge in [0.25, 0.3) is 5.91 Å². The van der Waals surface area contributed by atoms with E-state index in [1.54, 1.807) is 20.8 Å². The molecule has 0 saturated carbocycles. The van der Waals surface area contributed by atoms with Crippen LogP contribution in [-0.2, 0) is 4.79 Å². The highest BCUT2D eigenvalue weighted by atomic mass is 35.5. The molecule has 0 aliphatic carbocycles. The molecule has 0 aliphatic heterocycles. The van der Waals surface area contributed by atoms with Crippen molar-refractivity contribution in [2.24, 2.45) is 0 Å². The molecule has 1 aromatic carbocycles. The van der Waals surface area contributed by atoms with E-state index in [1.165, 1.54) is 12.1 Å². The van der Waals surface area contributed by atoms with Gasteiger partial charge in [-0.2, -0.15) is 0 Å². The first-order valence-corrected chi connectivity index (χ1v) is 5.63. The van der Waals surface area contributed by atoms with E-state index in [0.717, 1.165) is 0 Å². The van der Waals surface area contributed by atoms with Gasteiger partial charge < -0.3 is 15.5 Å². The molecule has 98 valence electrons. The Morgan fingerprint density at radius 2 is 1.89 bits per heavy atom. The number of aromatic hydroxyl groups is 2. The molecule has 0 heterocycles. The Bertz CT molecular complexity index is 507. The number of nitrogens with one attached hydrogen (secondary N) is 2. The van der Waals surface area contributed by atoms with Crippen LogP contribution in [0.2, 0.25) is 5.02 Å². The molecule has 5 nitrogen and oxygen atoms in total. The predicted molar refractivity (Wildman–Crippen MR) is 69.5 cm³/mol. The molecular formula is C12H15ClN2O3. The third-order valence-corrected chi connectivity index (χ3v) is 2.46. The minimum Gasteiger partial charge on any atom is -0.504 e. The highest BCUT2D eigenvalue weighted by Crippen LogP contribution is 2.35. The van der Waals surface area contributed by atoms with Gasteiger partial charge >= 0.3 is 0 Å². The second kappa shape index (κ2) is 4.86. The van der Waals surface area contributed by atoms with Gasteiger partial charge in [-0.3, -0.25) is 10.2 Å². The summed E-state index contributed by atoms with van der Waals surface area (Å²) < 4.78 is 0. The van der Waals surface area contributed by atoms with E-state index in [9.17, 15) is 15.0 Å². The monoisotopic (exact) mass is 270 g/mol. The van der Waals surface area contributed by atoms with Crippen LogP contribution < -0.4 is 5.32 Å². The number of benzene rings is 1. The zero-order chi connectivity index (χ0) is 14.1. The quantitative estimate of drug-likeness (QED) is 0.489. The van der Waals surface area contributed by atoms with Gasteiger partial charge in [0.1, 0.15) is 5.71 Å². The van der Waals surface area contributed by atoms with Crippen LogP contribution in [0.25, 0.3) is 0 Å². The van der Waals surface area contributed by atoms with E-state index in [1.807, 2.05) is 0 Å². The fourth-order valence-corrected chi connectivity index (χ4v) is 1.53. The molecule has 6 heteroatoms. The molecule has 0 aliphatic rings. The molecular weight excluding hydrogens is 256 g/mol. The van der Waals surface area contributed by atoms with Crippen LogP contribution in [0.1, 0.15) is 26.3 Å². The number of hydrogen-bond donors (Lipinski definition) is 4. The highest BCUT2D eigenvalue weighted by Gasteiger charge is 2.22. The Hall–Kier alpha value is -1.75. The molecule has 0 atom stereocenters. The lowest BCUT2D eigenvalue weighted by molar-refractivity contribution is -0.116. The average molecular weight is 271 g/mol. The van der Waals surface area contributed by atoms with Crippen LogP contribution >= 0.6 is 11.6 Å². The van der Waals surface area contributed by atoms with E-state index in [-0.39, 0.29) is 16.3 Å². The van der Waals surface area contributed by atoms with Crippen LogP contribution in [-0.4, -0.2) is 27.4 Å². The molecule has 1 amide bonds. The zero-order valence-corrected chi connectivity index (χ0v) is 11.1. The minimum atomic E-state index is -0.602. The van der Waals surface area contributed by atoms with Crippen molar-refractivity contribution in [3.05, 3.63) is 22.7 Å². The predicted octanol–water partition coefficient (Wildman–Crippen LogP) is 2.03. The van der Waals surface area contributed by atoms with E-state index in [0.29, 0.717) is 0 Å². The van der Waals surface area contributed by atoms with Crippen molar-refractivity contribution in [3.63, 3.8) is 0 Å². The third kappa shape index (κ3) is 3.13. The molecule has 0 aromatic heterocycles.